The molecular formula is C13H17FN2OS. The molecule has 1 unspecified atom stereocenters. The molecule has 3 nitrogen and oxygen atoms in total. The van der Waals surface area contributed by atoms with Gasteiger partial charge in [-0.3, -0.25) is 4.79 Å². The molecule has 1 aromatic carbocycles. The van der Waals surface area contributed by atoms with Crippen molar-refractivity contribution in [3.63, 3.8) is 0 Å². The van der Waals surface area contributed by atoms with Crippen molar-refractivity contribution in [2.45, 2.75) is 26.7 Å². The smallest absolute Gasteiger partial charge is 0.234 e. The average Bonchev–Trinajstić information content (AvgIpc) is 2.30. The van der Waals surface area contributed by atoms with Crippen molar-refractivity contribution >= 4 is 28.8 Å². The van der Waals surface area contributed by atoms with E-state index in [1.165, 1.54) is 12.1 Å². The van der Waals surface area contributed by atoms with E-state index in [4.69, 9.17) is 18.0 Å². The summed E-state index contributed by atoms with van der Waals surface area (Å²) in [6.45, 7) is 3.75. The summed E-state index contributed by atoms with van der Waals surface area (Å²) in [5.74, 6) is -1.18. The molecule has 0 aliphatic heterocycles. The fourth-order valence-corrected chi connectivity index (χ4v) is 1.86. The van der Waals surface area contributed by atoms with Crippen LogP contribution in [0.5, 0.6) is 0 Å². The maximum atomic E-state index is 13.1. The highest BCUT2D eigenvalue weighted by atomic mass is 32.1. The second-order valence-electron chi connectivity index (χ2n) is 4.19. The Kier molecular flexibility index (Phi) is 5.22. The minimum absolute atomic E-state index is 0.170. The quantitative estimate of drug-likeness (QED) is 0.807. The molecule has 1 rings (SSSR count). The number of anilines is 1. The van der Waals surface area contributed by atoms with Crippen molar-refractivity contribution < 1.29 is 9.18 Å². The topological polar surface area (TPSA) is 55.1 Å². The van der Waals surface area contributed by atoms with Crippen molar-refractivity contribution in [1.29, 1.82) is 0 Å². The van der Waals surface area contributed by atoms with E-state index in [1.807, 2.05) is 6.92 Å². The van der Waals surface area contributed by atoms with Gasteiger partial charge >= 0.3 is 0 Å². The van der Waals surface area contributed by atoms with Crippen LogP contribution in [0.3, 0.4) is 0 Å². The Morgan fingerprint density at radius 2 is 2.22 bits per heavy atom. The number of benzene rings is 1. The molecule has 0 fully saturated rings. The zero-order valence-electron chi connectivity index (χ0n) is 10.5. The summed E-state index contributed by atoms with van der Waals surface area (Å²) >= 11 is 4.88. The Hall–Kier alpha value is -1.49. The Morgan fingerprint density at radius 1 is 1.56 bits per heavy atom. The Bertz CT molecular complexity index is 462. The van der Waals surface area contributed by atoms with Crippen LogP contribution >= 0.6 is 12.2 Å². The van der Waals surface area contributed by atoms with E-state index in [-0.39, 0.29) is 10.9 Å². The van der Waals surface area contributed by atoms with Crippen LogP contribution in [0.2, 0.25) is 0 Å². The molecule has 98 valence electrons. The molecule has 1 aromatic rings. The standard InChI is InChI=1S/C13H17FN2OS/c1-3-4-10(12(15)18)13(17)16-11-7-9(14)6-5-8(11)2/h5-7,10H,3-4H2,1-2H3,(H2,15,18)(H,16,17). The lowest BCUT2D eigenvalue weighted by molar-refractivity contribution is -0.118. The summed E-state index contributed by atoms with van der Waals surface area (Å²) in [6, 6.07) is 4.25. The number of nitrogens with two attached hydrogens (primary N) is 1. The predicted molar refractivity (Wildman–Crippen MR) is 75.0 cm³/mol. The van der Waals surface area contributed by atoms with E-state index in [9.17, 15) is 9.18 Å². The van der Waals surface area contributed by atoms with Crippen LogP contribution in [0, 0.1) is 18.7 Å². The second kappa shape index (κ2) is 6.44. The van der Waals surface area contributed by atoms with Gasteiger partial charge in [-0.2, -0.15) is 0 Å². The summed E-state index contributed by atoms with van der Waals surface area (Å²) < 4.78 is 13.1. The minimum atomic E-state index is -0.507. The first kappa shape index (κ1) is 14.6. The molecule has 0 saturated carbocycles. The van der Waals surface area contributed by atoms with Gasteiger partial charge < -0.3 is 11.1 Å². The van der Waals surface area contributed by atoms with Crippen molar-refractivity contribution in [2.24, 2.45) is 11.7 Å². The van der Waals surface area contributed by atoms with Gasteiger partial charge in [0.2, 0.25) is 5.91 Å². The molecule has 0 radical (unpaired) electrons. The number of amides is 1. The molecule has 1 amide bonds. The van der Waals surface area contributed by atoms with Crippen LogP contribution in [0.15, 0.2) is 18.2 Å². The third-order valence-corrected chi connectivity index (χ3v) is 2.98. The van der Waals surface area contributed by atoms with Gasteiger partial charge in [-0.15, -0.1) is 0 Å². The van der Waals surface area contributed by atoms with E-state index in [0.29, 0.717) is 12.1 Å². The zero-order chi connectivity index (χ0) is 13.7. The van der Waals surface area contributed by atoms with Crippen molar-refractivity contribution in [2.75, 3.05) is 5.32 Å². The van der Waals surface area contributed by atoms with E-state index in [2.05, 4.69) is 5.32 Å². The van der Waals surface area contributed by atoms with Crippen LogP contribution < -0.4 is 11.1 Å². The predicted octanol–water partition coefficient (Wildman–Crippen LogP) is 2.78. The largest absolute Gasteiger partial charge is 0.393 e. The number of carbonyl (C=O) groups is 1. The van der Waals surface area contributed by atoms with Crippen LogP contribution in [-0.2, 0) is 4.79 Å². The summed E-state index contributed by atoms with van der Waals surface area (Å²) in [4.78, 5) is 12.2. The summed E-state index contributed by atoms with van der Waals surface area (Å²) in [7, 11) is 0. The molecule has 0 saturated heterocycles. The first-order chi connectivity index (χ1) is 8.45. The highest BCUT2D eigenvalue weighted by molar-refractivity contribution is 7.80. The van der Waals surface area contributed by atoms with Crippen molar-refractivity contribution in [3.05, 3.63) is 29.6 Å². The van der Waals surface area contributed by atoms with E-state index < -0.39 is 11.7 Å². The number of carbonyl (C=O) groups excluding carboxylic acids is 1. The van der Waals surface area contributed by atoms with Gasteiger partial charge in [-0.25, -0.2) is 4.39 Å². The highest BCUT2D eigenvalue weighted by Crippen LogP contribution is 2.18. The van der Waals surface area contributed by atoms with Gasteiger partial charge in [0.1, 0.15) is 5.82 Å². The molecular weight excluding hydrogens is 251 g/mol. The normalized spacial score (nSPS) is 11.9. The lowest BCUT2D eigenvalue weighted by atomic mass is 10.0. The molecule has 3 N–H and O–H groups in total. The van der Waals surface area contributed by atoms with Gasteiger partial charge in [-0.05, 0) is 31.0 Å². The maximum Gasteiger partial charge on any atom is 0.234 e. The fraction of sp³-hybridized carbons (Fsp3) is 0.385. The van der Waals surface area contributed by atoms with Gasteiger partial charge in [0.05, 0.1) is 10.9 Å². The van der Waals surface area contributed by atoms with Crippen molar-refractivity contribution in [3.8, 4) is 0 Å². The van der Waals surface area contributed by atoms with Crippen LogP contribution in [0.1, 0.15) is 25.3 Å². The number of halogens is 1. The average molecular weight is 268 g/mol. The number of aryl methyl sites for hydroxylation is 1. The summed E-state index contributed by atoms with van der Waals surface area (Å²) in [5, 5.41) is 2.67. The molecule has 1 atom stereocenters. The Balaban J connectivity index is 2.85. The third kappa shape index (κ3) is 3.77. The van der Waals surface area contributed by atoms with Gasteiger partial charge in [0.15, 0.2) is 0 Å². The van der Waals surface area contributed by atoms with Gasteiger partial charge in [0, 0.05) is 5.69 Å². The van der Waals surface area contributed by atoms with E-state index in [0.717, 1.165) is 12.0 Å². The molecule has 0 heterocycles. The molecule has 0 spiro atoms. The maximum absolute atomic E-state index is 13.1. The zero-order valence-corrected chi connectivity index (χ0v) is 11.3. The molecule has 0 bridgehead atoms. The van der Waals surface area contributed by atoms with Gasteiger partial charge in [0.25, 0.3) is 0 Å². The lowest BCUT2D eigenvalue weighted by Crippen LogP contribution is -2.33. The first-order valence-electron chi connectivity index (χ1n) is 5.82. The molecule has 0 aromatic heterocycles. The van der Waals surface area contributed by atoms with Crippen LogP contribution in [0.4, 0.5) is 10.1 Å². The molecule has 18 heavy (non-hydrogen) atoms. The van der Waals surface area contributed by atoms with Crippen molar-refractivity contribution in [1.82, 2.24) is 0 Å². The van der Waals surface area contributed by atoms with Gasteiger partial charge in [-0.1, -0.05) is 31.6 Å². The first-order valence-corrected chi connectivity index (χ1v) is 6.22. The summed E-state index contributed by atoms with van der Waals surface area (Å²) in [5.41, 5.74) is 6.79. The Labute approximate surface area is 112 Å². The number of hydrogen-bond acceptors (Lipinski definition) is 2. The van der Waals surface area contributed by atoms with E-state index >= 15 is 0 Å². The number of hydrogen-bond donors (Lipinski definition) is 2. The molecule has 0 aliphatic rings. The minimum Gasteiger partial charge on any atom is -0.393 e. The van der Waals surface area contributed by atoms with Crippen LogP contribution in [-0.4, -0.2) is 10.9 Å². The van der Waals surface area contributed by atoms with E-state index in [1.54, 1.807) is 13.0 Å². The second-order valence-corrected chi connectivity index (χ2v) is 4.66. The molecule has 0 aliphatic carbocycles. The third-order valence-electron chi connectivity index (χ3n) is 2.69. The SMILES string of the molecule is CCCC(C(=O)Nc1cc(F)ccc1C)C(N)=S. The van der Waals surface area contributed by atoms with Crippen LogP contribution in [0.25, 0.3) is 0 Å². The Morgan fingerprint density at radius 3 is 2.78 bits per heavy atom. The number of rotatable bonds is 5. The lowest BCUT2D eigenvalue weighted by Gasteiger charge is -2.15. The molecule has 5 heteroatoms. The fourth-order valence-electron chi connectivity index (χ4n) is 1.64. The number of thiocarbonyl (C=S) groups is 1. The summed E-state index contributed by atoms with van der Waals surface area (Å²) in [6.07, 6.45) is 1.40. The monoisotopic (exact) mass is 268 g/mol. The number of nitrogens with one attached hydrogen (secondary N) is 1. The highest BCUT2D eigenvalue weighted by Gasteiger charge is 2.21.